The van der Waals surface area contributed by atoms with Gasteiger partial charge in [-0.3, -0.25) is 4.79 Å². The molecule has 1 saturated heterocycles. The van der Waals surface area contributed by atoms with Gasteiger partial charge in [-0.15, -0.1) is 0 Å². The molecule has 0 aliphatic carbocycles. The van der Waals surface area contributed by atoms with Gasteiger partial charge in [-0.25, -0.2) is 17.6 Å². The Kier molecular flexibility index (Phi) is 7.94. The Hall–Kier alpha value is -3.18. The van der Waals surface area contributed by atoms with Crippen LogP contribution in [0.1, 0.15) is 52.2 Å². The van der Waals surface area contributed by atoms with E-state index in [9.17, 15) is 27.7 Å². The van der Waals surface area contributed by atoms with Crippen molar-refractivity contribution in [1.29, 1.82) is 10.5 Å². The van der Waals surface area contributed by atoms with Crippen molar-refractivity contribution in [1.82, 2.24) is 10.2 Å². The number of hydrogen-bond acceptors (Lipinski definition) is 7. The molecule has 9 nitrogen and oxygen atoms in total. The topological polar surface area (TPSA) is 140 Å². The smallest absolute Gasteiger partial charge is 0.408 e. The largest absolute Gasteiger partial charge is 0.444 e. The van der Waals surface area contributed by atoms with Crippen molar-refractivity contribution in [2.24, 2.45) is 0 Å². The molecule has 2 amide bonds. The predicted molar refractivity (Wildman–Crippen MR) is 122 cm³/mol. The van der Waals surface area contributed by atoms with Gasteiger partial charge in [0.05, 0.1) is 34.7 Å². The van der Waals surface area contributed by atoms with E-state index in [1.807, 2.05) is 12.1 Å². The Morgan fingerprint density at radius 1 is 1.21 bits per heavy atom. The van der Waals surface area contributed by atoms with Gasteiger partial charge in [0.2, 0.25) is 5.91 Å². The predicted octanol–water partition coefficient (Wildman–Crippen LogP) is 2.61. The first kappa shape index (κ1) is 27.1. The van der Waals surface area contributed by atoms with Crippen LogP contribution in [0.25, 0.3) is 0 Å². The van der Waals surface area contributed by atoms with E-state index in [0.717, 1.165) is 4.90 Å². The van der Waals surface area contributed by atoms with E-state index in [-0.39, 0.29) is 13.0 Å². The van der Waals surface area contributed by atoms with Gasteiger partial charge >= 0.3 is 6.09 Å². The zero-order valence-corrected chi connectivity index (χ0v) is 20.6. The van der Waals surface area contributed by atoms with Gasteiger partial charge in [-0.2, -0.15) is 10.5 Å². The molecule has 1 aromatic rings. The third-order valence-electron chi connectivity index (χ3n) is 5.53. The van der Waals surface area contributed by atoms with Crippen LogP contribution in [-0.4, -0.2) is 60.5 Å². The Labute approximate surface area is 199 Å². The fourth-order valence-corrected chi connectivity index (χ4v) is 5.06. The zero-order valence-electron chi connectivity index (χ0n) is 19.8. The molecule has 1 N–H and O–H groups in total. The molecule has 0 spiro atoms. The summed E-state index contributed by atoms with van der Waals surface area (Å²) >= 11 is 0. The van der Waals surface area contributed by atoms with Crippen molar-refractivity contribution in [3.8, 4) is 12.1 Å². The molecule has 0 unspecified atom stereocenters. The molecule has 0 saturated carbocycles. The fourth-order valence-electron chi connectivity index (χ4n) is 3.54. The van der Waals surface area contributed by atoms with E-state index in [1.165, 1.54) is 38.1 Å². The van der Waals surface area contributed by atoms with Gasteiger partial charge in [0.25, 0.3) is 0 Å². The molecule has 1 aliphatic heterocycles. The highest BCUT2D eigenvalue weighted by Crippen LogP contribution is 2.30. The van der Waals surface area contributed by atoms with Gasteiger partial charge in [0.1, 0.15) is 23.9 Å². The molecule has 1 heterocycles. The summed E-state index contributed by atoms with van der Waals surface area (Å²) in [7, 11) is -4.11. The Balaban J connectivity index is 2.43. The molecule has 0 bridgehead atoms. The number of benzene rings is 1. The third-order valence-corrected chi connectivity index (χ3v) is 8.08. The van der Waals surface area contributed by atoms with Crippen LogP contribution in [0.4, 0.5) is 9.18 Å². The highest BCUT2D eigenvalue weighted by molar-refractivity contribution is 7.92. The average Bonchev–Trinajstić information content (AvgIpc) is 3.11. The maximum Gasteiger partial charge on any atom is 0.408 e. The van der Waals surface area contributed by atoms with Gasteiger partial charge in [0.15, 0.2) is 9.84 Å². The van der Waals surface area contributed by atoms with E-state index in [1.54, 1.807) is 20.8 Å². The summed E-state index contributed by atoms with van der Waals surface area (Å²) < 4.78 is 44.3. The molecule has 184 valence electrons. The molecule has 1 aliphatic rings. The number of alkyl carbamates (subject to hydrolysis) is 1. The van der Waals surface area contributed by atoms with Gasteiger partial charge in [0, 0.05) is 6.42 Å². The Morgan fingerprint density at radius 2 is 1.79 bits per heavy atom. The lowest BCUT2D eigenvalue weighted by Crippen LogP contribution is -2.62. The van der Waals surface area contributed by atoms with Gasteiger partial charge in [-0.1, -0.05) is 12.1 Å². The number of ether oxygens (including phenoxy) is 1. The number of nitrogens with one attached hydrogen (secondary N) is 1. The first-order chi connectivity index (χ1) is 15.6. The number of rotatable bonds is 6. The van der Waals surface area contributed by atoms with E-state index in [4.69, 9.17) is 10.00 Å². The number of halogens is 1. The molecule has 0 aromatic heterocycles. The summed E-state index contributed by atoms with van der Waals surface area (Å²) in [5.74, 6) is -1.36. The summed E-state index contributed by atoms with van der Waals surface area (Å²) in [5.41, 5.74) is -0.177. The van der Waals surface area contributed by atoms with Gasteiger partial charge < -0.3 is 15.0 Å². The van der Waals surface area contributed by atoms with E-state index in [0.29, 0.717) is 11.1 Å². The fraction of sp³-hybridized carbons (Fsp3) is 0.565. The Bertz CT molecular complexity index is 1110. The van der Waals surface area contributed by atoms with Crippen molar-refractivity contribution >= 4 is 21.8 Å². The van der Waals surface area contributed by atoms with E-state index in [2.05, 4.69) is 5.32 Å². The van der Waals surface area contributed by atoms with Crippen LogP contribution in [0, 0.1) is 22.7 Å². The third kappa shape index (κ3) is 6.23. The van der Waals surface area contributed by atoms with Crippen molar-refractivity contribution in [2.75, 3.05) is 6.54 Å². The van der Waals surface area contributed by atoms with Crippen LogP contribution in [0.2, 0.25) is 0 Å². The number of hydrogen-bond donors (Lipinski definition) is 1. The van der Waals surface area contributed by atoms with Crippen molar-refractivity contribution in [2.45, 2.75) is 75.4 Å². The Morgan fingerprint density at radius 3 is 2.29 bits per heavy atom. The number of nitriles is 2. The van der Waals surface area contributed by atoms with Crippen LogP contribution in [-0.2, 0) is 25.1 Å². The minimum atomic E-state index is -4.11. The van der Waals surface area contributed by atoms with Crippen LogP contribution >= 0.6 is 0 Å². The summed E-state index contributed by atoms with van der Waals surface area (Å²) in [4.78, 5) is 26.9. The molecule has 34 heavy (non-hydrogen) atoms. The lowest BCUT2D eigenvalue weighted by Gasteiger charge is -2.36. The van der Waals surface area contributed by atoms with Crippen LogP contribution in [0.5, 0.6) is 0 Å². The van der Waals surface area contributed by atoms with Crippen molar-refractivity contribution < 1.29 is 27.1 Å². The lowest BCUT2D eigenvalue weighted by atomic mass is 10.0. The SMILES string of the molecule is CC(C)(C)OC(=O)N[C@H](C(=O)N1C[C@@H](F)C[C@H]1C#N)C(C)(C)S(=O)(=O)Cc1ccc(C#N)cc1. The number of alkyl halides is 1. The molecule has 11 heteroatoms. The van der Waals surface area contributed by atoms with Crippen LogP contribution < -0.4 is 5.32 Å². The molecule has 2 rings (SSSR count). The molecule has 1 fully saturated rings. The summed E-state index contributed by atoms with van der Waals surface area (Å²) in [6.07, 6.45) is -2.65. The molecule has 1 aromatic carbocycles. The van der Waals surface area contributed by atoms with Crippen molar-refractivity contribution in [3.05, 3.63) is 35.4 Å². The maximum atomic E-state index is 14.0. The van der Waals surface area contributed by atoms with Gasteiger partial charge in [-0.05, 0) is 52.3 Å². The quantitative estimate of drug-likeness (QED) is 0.643. The summed E-state index contributed by atoms with van der Waals surface area (Å²) in [5, 5.41) is 20.7. The normalized spacial score (nSPS) is 19.6. The summed E-state index contributed by atoms with van der Waals surface area (Å²) in [6.45, 7) is 7.02. The zero-order chi connectivity index (χ0) is 25.9. The minimum absolute atomic E-state index is 0.195. The maximum absolute atomic E-state index is 14.0. The monoisotopic (exact) mass is 492 g/mol. The number of carbonyl (C=O) groups is 2. The van der Waals surface area contributed by atoms with E-state index < -0.39 is 56.2 Å². The molecular weight excluding hydrogens is 463 g/mol. The first-order valence-electron chi connectivity index (χ1n) is 10.7. The molecule has 3 atom stereocenters. The molecule has 0 radical (unpaired) electrons. The number of carbonyl (C=O) groups excluding carboxylic acids is 2. The average molecular weight is 493 g/mol. The highest BCUT2D eigenvalue weighted by Gasteiger charge is 2.50. The van der Waals surface area contributed by atoms with Crippen molar-refractivity contribution in [3.63, 3.8) is 0 Å². The number of likely N-dealkylation sites (tertiary alicyclic amines) is 1. The number of sulfone groups is 1. The lowest BCUT2D eigenvalue weighted by molar-refractivity contribution is -0.134. The minimum Gasteiger partial charge on any atom is -0.444 e. The highest BCUT2D eigenvalue weighted by atomic mass is 32.2. The number of nitrogens with zero attached hydrogens (tertiary/aromatic N) is 3. The molecular formula is C23H29FN4O5S. The summed E-state index contributed by atoms with van der Waals surface area (Å²) in [6, 6.07) is 7.01. The van der Waals surface area contributed by atoms with Crippen LogP contribution in [0.3, 0.4) is 0 Å². The second kappa shape index (κ2) is 9.98. The number of amides is 2. The first-order valence-corrected chi connectivity index (χ1v) is 12.3. The van der Waals surface area contributed by atoms with E-state index >= 15 is 0 Å². The van der Waals surface area contributed by atoms with Crippen LogP contribution in [0.15, 0.2) is 24.3 Å². The second-order valence-corrected chi connectivity index (χ2v) is 12.3. The standard InChI is InChI=1S/C23H29FN4O5S/c1-22(2,3)33-21(30)27-19(20(29)28-13-17(24)10-18(28)12-26)23(4,5)34(31,32)14-16-8-6-15(11-25)7-9-16/h6-9,17-19H,10,13-14H2,1-5H3,(H,27,30)/t17-,18-,19+/m0/s1. The second-order valence-electron chi connectivity index (χ2n) is 9.72.